The minimum absolute atomic E-state index is 0.0684. The second-order valence-corrected chi connectivity index (χ2v) is 7.01. The molecule has 160 valence electrons. The van der Waals surface area contributed by atoms with Gasteiger partial charge in [0.05, 0.1) is 17.6 Å². The van der Waals surface area contributed by atoms with Crippen LogP contribution in [-0.2, 0) is 4.74 Å². The topological polar surface area (TPSA) is 98.5 Å². The molecule has 9 heteroatoms. The summed E-state index contributed by atoms with van der Waals surface area (Å²) in [5, 5.41) is 5.14. The van der Waals surface area contributed by atoms with E-state index >= 15 is 0 Å². The monoisotopic (exact) mass is 426 g/mol. The summed E-state index contributed by atoms with van der Waals surface area (Å²) in [6.45, 7) is 3.95. The van der Waals surface area contributed by atoms with Crippen LogP contribution in [0.2, 0.25) is 0 Å². The number of urea groups is 1. The number of halogens is 2. The van der Waals surface area contributed by atoms with E-state index in [-0.39, 0.29) is 30.4 Å². The highest BCUT2D eigenvalue weighted by Crippen LogP contribution is 2.51. The van der Waals surface area contributed by atoms with E-state index in [1.165, 1.54) is 0 Å². The highest BCUT2D eigenvalue weighted by molar-refractivity contribution is 5.90. The van der Waals surface area contributed by atoms with E-state index in [9.17, 15) is 13.6 Å². The van der Waals surface area contributed by atoms with Crippen molar-refractivity contribution in [3.63, 3.8) is 0 Å². The summed E-state index contributed by atoms with van der Waals surface area (Å²) < 4.78 is 38.3. The van der Waals surface area contributed by atoms with Gasteiger partial charge in [-0.3, -0.25) is 0 Å². The molecule has 3 atom stereocenters. The van der Waals surface area contributed by atoms with Crippen LogP contribution in [0.3, 0.4) is 0 Å². The quantitative estimate of drug-likeness (QED) is 0.656. The third kappa shape index (κ3) is 4.50. The summed E-state index contributed by atoms with van der Waals surface area (Å²) in [4.78, 5) is 16.2. The number of aromatic nitrogens is 1. The van der Waals surface area contributed by atoms with E-state index < -0.39 is 17.7 Å². The van der Waals surface area contributed by atoms with Crippen molar-refractivity contribution in [2.75, 3.05) is 17.7 Å². The number of benzene rings is 1. The van der Waals surface area contributed by atoms with E-state index in [0.29, 0.717) is 23.4 Å². The fourth-order valence-corrected chi connectivity index (χ4v) is 3.48. The Labute approximate surface area is 177 Å². The van der Waals surface area contributed by atoms with Crippen LogP contribution in [0.1, 0.15) is 0 Å². The number of pyridine rings is 1. The fourth-order valence-electron chi connectivity index (χ4n) is 3.48. The maximum Gasteiger partial charge on any atom is 0.319 e. The van der Waals surface area contributed by atoms with Gasteiger partial charge >= 0.3 is 6.03 Å². The number of fused-ring (bicyclic) bond motifs is 1. The average molecular weight is 426 g/mol. The number of ether oxygens (including phenoxy) is 2. The van der Waals surface area contributed by atoms with Crippen LogP contribution >= 0.6 is 0 Å². The van der Waals surface area contributed by atoms with Gasteiger partial charge in [-0.05, 0) is 30.4 Å². The van der Waals surface area contributed by atoms with Gasteiger partial charge in [-0.1, -0.05) is 12.7 Å². The van der Waals surface area contributed by atoms with Crippen molar-refractivity contribution < 1.29 is 23.0 Å². The Bertz CT molecular complexity index is 1090. The minimum Gasteiger partial charge on any atom is -0.489 e. The first-order valence-corrected chi connectivity index (χ1v) is 9.53. The Hall–Kier alpha value is -3.88. The number of nitrogens with zero attached hydrogens (tertiary/aromatic N) is 1. The molecule has 0 bridgehead atoms. The first-order chi connectivity index (χ1) is 15.0. The van der Waals surface area contributed by atoms with Crippen molar-refractivity contribution >= 4 is 17.5 Å². The molecule has 31 heavy (non-hydrogen) atoms. The van der Waals surface area contributed by atoms with Crippen LogP contribution in [0, 0.1) is 17.6 Å². The zero-order chi connectivity index (χ0) is 22.0. The van der Waals surface area contributed by atoms with Crippen LogP contribution in [0.5, 0.6) is 5.75 Å². The summed E-state index contributed by atoms with van der Waals surface area (Å²) >= 11 is 0. The lowest BCUT2D eigenvalue weighted by molar-refractivity contribution is 0.210. The molecule has 1 saturated heterocycles. The molecule has 0 radical (unpaired) electrons. The number of allylic oxidation sites excluding steroid dienone is 3. The van der Waals surface area contributed by atoms with Crippen molar-refractivity contribution in [2.45, 2.75) is 12.1 Å². The molecule has 1 aromatic carbocycles. The summed E-state index contributed by atoms with van der Waals surface area (Å²) in [5.41, 5.74) is 6.41. The molecule has 0 spiro atoms. The van der Waals surface area contributed by atoms with Crippen LogP contribution in [0.4, 0.5) is 25.1 Å². The van der Waals surface area contributed by atoms with Gasteiger partial charge in [-0.15, -0.1) is 0 Å². The Morgan fingerprint density at radius 3 is 2.90 bits per heavy atom. The molecule has 2 amide bonds. The second kappa shape index (κ2) is 8.47. The number of nitrogens with one attached hydrogen (secondary N) is 2. The highest BCUT2D eigenvalue weighted by atomic mass is 19.1. The molecule has 2 aromatic rings. The molecule has 0 unspecified atom stereocenters. The normalized spacial score (nSPS) is 23.7. The van der Waals surface area contributed by atoms with Gasteiger partial charge in [0, 0.05) is 23.9 Å². The molecule has 4 rings (SSSR count). The van der Waals surface area contributed by atoms with Gasteiger partial charge in [0.1, 0.15) is 41.7 Å². The van der Waals surface area contributed by atoms with Gasteiger partial charge in [0.15, 0.2) is 0 Å². The van der Waals surface area contributed by atoms with E-state index in [0.717, 1.165) is 17.7 Å². The first kappa shape index (κ1) is 20.4. The van der Waals surface area contributed by atoms with Gasteiger partial charge in [0.25, 0.3) is 0 Å². The molecule has 2 aliphatic rings. The molecule has 4 N–H and O–H groups in total. The number of carbonyl (C=O) groups is 1. The smallest absolute Gasteiger partial charge is 0.319 e. The summed E-state index contributed by atoms with van der Waals surface area (Å²) in [6.07, 6.45) is 6.55. The van der Waals surface area contributed by atoms with Gasteiger partial charge in [0.2, 0.25) is 0 Å². The van der Waals surface area contributed by atoms with Crippen molar-refractivity contribution in [3.8, 4) is 5.75 Å². The van der Waals surface area contributed by atoms with Crippen molar-refractivity contribution in [2.24, 2.45) is 5.92 Å². The Morgan fingerprint density at radius 2 is 2.16 bits per heavy atom. The molecule has 7 nitrogen and oxygen atoms in total. The predicted molar refractivity (Wildman–Crippen MR) is 111 cm³/mol. The summed E-state index contributed by atoms with van der Waals surface area (Å²) in [7, 11) is 0. The van der Waals surface area contributed by atoms with E-state index in [2.05, 4.69) is 22.2 Å². The Kier molecular flexibility index (Phi) is 5.57. The van der Waals surface area contributed by atoms with E-state index in [1.54, 1.807) is 30.5 Å². The first-order valence-electron chi connectivity index (χ1n) is 9.53. The molecule has 1 aliphatic heterocycles. The number of anilines is 2. The van der Waals surface area contributed by atoms with Crippen molar-refractivity contribution in [3.05, 3.63) is 84.3 Å². The maximum atomic E-state index is 13.7. The maximum absolute atomic E-state index is 13.7. The molecular formula is C22H20F2N4O3. The summed E-state index contributed by atoms with van der Waals surface area (Å²) in [5.74, 6) is -0.0430. The van der Waals surface area contributed by atoms with Crippen LogP contribution < -0.4 is 21.1 Å². The fraction of sp³-hybridized carbons (Fsp3) is 0.182. The van der Waals surface area contributed by atoms with Crippen LogP contribution in [0.15, 0.2) is 72.7 Å². The van der Waals surface area contributed by atoms with E-state index in [4.69, 9.17) is 15.2 Å². The number of rotatable bonds is 6. The number of hydrogen-bond acceptors (Lipinski definition) is 5. The minimum atomic E-state index is -0.854. The number of nitrogens with two attached hydrogens (primary N) is 1. The van der Waals surface area contributed by atoms with E-state index in [1.807, 2.05) is 6.08 Å². The molecular weight excluding hydrogens is 406 g/mol. The molecule has 1 aliphatic carbocycles. The number of nitrogen functional groups attached to an aromatic ring is 1. The van der Waals surface area contributed by atoms with Crippen molar-refractivity contribution in [1.29, 1.82) is 0 Å². The lowest BCUT2D eigenvalue weighted by Crippen LogP contribution is -2.34. The number of amides is 2. The van der Waals surface area contributed by atoms with Gasteiger partial charge < -0.3 is 25.8 Å². The lowest BCUT2D eigenvalue weighted by Gasteiger charge is -2.13. The second-order valence-electron chi connectivity index (χ2n) is 7.01. The lowest BCUT2D eigenvalue weighted by atomic mass is 10.1. The van der Waals surface area contributed by atoms with Gasteiger partial charge in [-0.2, -0.15) is 0 Å². The molecule has 2 heterocycles. The Balaban J connectivity index is 1.39. The zero-order valence-corrected chi connectivity index (χ0v) is 16.3. The zero-order valence-electron chi connectivity index (χ0n) is 16.3. The Morgan fingerprint density at radius 1 is 1.32 bits per heavy atom. The highest BCUT2D eigenvalue weighted by Gasteiger charge is 2.61. The largest absolute Gasteiger partial charge is 0.489 e. The molecule has 1 aromatic heterocycles. The molecule has 1 saturated carbocycles. The van der Waals surface area contributed by atoms with Crippen molar-refractivity contribution in [1.82, 2.24) is 10.3 Å². The van der Waals surface area contributed by atoms with Crippen LogP contribution in [-0.4, -0.2) is 29.8 Å². The number of carbonyl (C=O) groups excluding carboxylic acids is 1. The summed E-state index contributed by atoms with van der Waals surface area (Å²) in [6, 6.07) is 5.36. The average Bonchev–Trinajstić information content (AvgIpc) is 3.24. The predicted octanol–water partition coefficient (Wildman–Crippen LogP) is 3.54. The molecule has 2 fully saturated rings. The standard InChI is InChI=1S/C22H20F2N4O3/c1-2-3-17-14(7-9-30-13-6-8-26-18(25)11-13)19-20(21(19)31-17)28-22(29)27-16-5-4-12(23)10-15(16)24/h2-8,10-11,19-21H,1,9H2,(H2,25,26)(H2,27,28,29)/b14-7+,17-3+/t19-,20+,21-/m0/s1. The third-order valence-corrected chi connectivity index (χ3v) is 4.91. The third-order valence-electron chi connectivity index (χ3n) is 4.91. The number of hydrogen-bond donors (Lipinski definition) is 3. The van der Waals surface area contributed by atoms with Crippen LogP contribution in [0.25, 0.3) is 0 Å². The van der Waals surface area contributed by atoms with Gasteiger partial charge in [-0.25, -0.2) is 18.6 Å². The SMILES string of the molecule is C=C/C=C1/O[C@@H]2[C@H](NC(=O)Nc3ccc(F)cc3F)[C@@H]2/C1=C/COc1ccnc(N)c1.